The van der Waals surface area contributed by atoms with E-state index in [0.29, 0.717) is 5.82 Å². The maximum absolute atomic E-state index is 12.8. The Balaban J connectivity index is 2.05. The molecule has 3 nitrogen and oxygen atoms in total. The van der Waals surface area contributed by atoms with Crippen LogP contribution in [0.1, 0.15) is 10.4 Å². The predicted octanol–water partition coefficient (Wildman–Crippen LogP) is 5.42. The first-order chi connectivity index (χ1) is 10.3. The lowest BCUT2D eigenvalue weighted by atomic mass is 10.2. The number of aromatic nitrogens is 2. The summed E-state index contributed by atoms with van der Waals surface area (Å²) in [5, 5.41) is 3.80. The first kappa shape index (κ1) is 15.1. The maximum atomic E-state index is 12.8. The summed E-state index contributed by atoms with van der Waals surface area (Å²) in [7, 11) is 0. The number of hydrogen-bond acceptors (Lipinski definition) is 4. The van der Waals surface area contributed by atoms with Gasteiger partial charge in [0, 0.05) is 4.88 Å². The highest BCUT2D eigenvalue weighted by Crippen LogP contribution is 2.36. The summed E-state index contributed by atoms with van der Waals surface area (Å²) in [6, 6.07) is 5.00. The van der Waals surface area contributed by atoms with Gasteiger partial charge in [0.05, 0.1) is 21.7 Å². The van der Waals surface area contributed by atoms with Gasteiger partial charge in [0.15, 0.2) is 0 Å². The van der Waals surface area contributed by atoms with Crippen LogP contribution in [0.25, 0.3) is 10.2 Å². The molecule has 0 saturated carbocycles. The van der Waals surface area contributed by atoms with Crippen LogP contribution in [-0.4, -0.2) is 9.97 Å². The quantitative estimate of drug-likeness (QED) is 0.675. The molecular weight excluding hydrogens is 335 g/mol. The van der Waals surface area contributed by atoms with Gasteiger partial charge in [0.2, 0.25) is 0 Å². The molecule has 114 valence electrons. The van der Waals surface area contributed by atoms with Crippen molar-refractivity contribution in [1.29, 1.82) is 0 Å². The molecule has 0 fully saturated rings. The van der Waals surface area contributed by atoms with Gasteiger partial charge in [-0.15, -0.1) is 11.3 Å². The largest absolute Gasteiger partial charge is 0.416 e. The average molecular weight is 344 g/mol. The van der Waals surface area contributed by atoms with Gasteiger partial charge in [0.1, 0.15) is 17.0 Å². The highest BCUT2D eigenvalue weighted by molar-refractivity contribution is 7.18. The Hall–Kier alpha value is -1.86. The summed E-state index contributed by atoms with van der Waals surface area (Å²) in [4.78, 5) is 10.0. The number of aryl methyl sites for hydroxylation is 1. The van der Waals surface area contributed by atoms with Crippen LogP contribution in [0.4, 0.5) is 24.7 Å². The maximum Gasteiger partial charge on any atom is 0.416 e. The minimum atomic E-state index is -4.43. The predicted molar refractivity (Wildman–Crippen MR) is 81.9 cm³/mol. The van der Waals surface area contributed by atoms with E-state index in [0.717, 1.165) is 27.2 Å². The minimum absolute atomic E-state index is 0.153. The van der Waals surface area contributed by atoms with Crippen LogP contribution in [0.15, 0.2) is 30.6 Å². The second kappa shape index (κ2) is 5.40. The molecule has 0 spiro atoms. The van der Waals surface area contributed by atoms with Gasteiger partial charge < -0.3 is 5.32 Å². The zero-order valence-corrected chi connectivity index (χ0v) is 12.8. The SMILES string of the molecule is Cc1cc2c(Nc3cc(C(F)(F)F)ccc3Cl)ncnc2s1. The van der Waals surface area contributed by atoms with Crippen LogP contribution in [0, 0.1) is 6.92 Å². The third kappa shape index (κ3) is 2.86. The third-order valence-corrected chi connectivity index (χ3v) is 4.29. The van der Waals surface area contributed by atoms with Gasteiger partial charge in [-0.3, -0.25) is 0 Å². The highest BCUT2D eigenvalue weighted by atomic mass is 35.5. The molecule has 8 heteroatoms. The molecule has 0 atom stereocenters. The molecule has 0 aliphatic carbocycles. The van der Waals surface area contributed by atoms with E-state index in [4.69, 9.17) is 11.6 Å². The van der Waals surface area contributed by atoms with Crippen LogP contribution in [0.3, 0.4) is 0 Å². The Morgan fingerprint density at radius 2 is 1.95 bits per heavy atom. The summed E-state index contributed by atoms with van der Waals surface area (Å²) in [6.07, 6.45) is -3.07. The first-order valence-corrected chi connectivity index (χ1v) is 7.39. The van der Waals surface area contributed by atoms with Crippen molar-refractivity contribution in [2.75, 3.05) is 5.32 Å². The molecular formula is C14H9ClF3N3S. The molecule has 0 aliphatic heterocycles. The van der Waals surface area contributed by atoms with Crippen LogP contribution >= 0.6 is 22.9 Å². The second-order valence-corrected chi connectivity index (χ2v) is 6.26. The van der Waals surface area contributed by atoms with Gasteiger partial charge in [-0.25, -0.2) is 9.97 Å². The molecule has 0 aliphatic rings. The van der Waals surface area contributed by atoms with Crippen molar-refractivity contribution in [3.63, 3.8) is 0 Å². The molecule has 1 aromatic carbocycles. The van der Waals surface area contributed by atoms with E-state index in [1.165, 1.54) is 23.7 Å². The smallest absolute Gasteiger partial charge is 0.338 e. The van der Waals surface area contributed by atoms with Crippen molar-refractivity contribution in [2.24, 2.45) is 0 Å². The van der Waals surface area contributed by atoms with Gasteiger partial charge in [0.25, 0.3) is 0 Å². The fraction of sp³-hybridized carbons (Fsp3) is 0.143. The monoisotopic (exact) mass is 343 g/mol. The van der Waals surface area contributed by atoms with Crippen molar-refractivity contribution in [2.45, 2.75) is 13.1 Å². The molecule has 3 aromatic rings. The summed E-state index contributed by atoms with van der Waals surface area (Å²) < 4.78 is 38.4. The molecule has 3 rings (SSSR count). The van der Waals surface area contributed by atoms with Crippen molar-refractivity contribution < 1.29 is 13.2 Å². The zero-order valence-electron chi connectivity index (χ0n) is 11.2. The number of fused-ring (bicyclic) bond motifs is 1. The molecule has 0 saturated heterocycles. The number of rotatable bonds is 2. The fourth-order valence-corrected chi connectivity index (χ4v) is 3.01. The average Bonchev–Trinajstić information content (AvgIpc) is 2.81. The molecule has 2 aromatic heterocycles. The van der Waals surface area contributed by atoms with E-state index in [1.54, 1.807) is 0 Å². The molecule has 0 bridgehead atoms. The van der Waals surface area contributed by atoms with Gasteiger partial charge in [-0.05, 0) is 31.2 Å². The standard InChI is InChI=1S/C14H9ClF3N3S/c1-7-4-9-12(19-6-20-13(9)22-7)21-11-5-8(14(16,17)18)2-3-10(11)15/h2-6H,1H3,(H,19,20,21). The summed E-state index contributed by atoms with van der Waals surface area (Å²) in [5.41, 5.74) is -0.619. The van der Waals surface area contributed by atoms with Crippen molar-refractivity contribution in [3.8, 4) is 0 Å². The molecule has 0 unspecified atom stereocenters. The van der Waals surface area contributed by atoms with E-state index < -0.39 is 11.7 Å². The zero-order chi connectivity index (χ0) is 15.9. The summed E-state index contributed by atoms with van der Waals surface area (Å²) >= 11 is 7.47. The molecule has 0 amide bonds. The fourth-order valence-electron chi connectivity index (χ4n) is 2.00. The van der Waals surface area contributed by atoms with Crippen LogP contribution in [0.2, 0.25) is 5.02 Å². The summed E-state index contributed by atoms with van der Waals surface area (Å²) in [5.74, 6) is 0.426. The van der Waals surface area contributed by atoms with E-state index in [9.17, 15) is 13.2 Å². The van der Waals surface area contributed by atoms with E-state index >= 15 is 0 Å². The number of nitrogens with zero attached hydrogens (tertiary/aromatic N) is 2. The molecule has 2 heterocycles. The minimum Gasteiger partial charge on any atom is -0.338 e. The van der Waals surface area contributed by atoms with Crippen molar-refractivity contribution >= 4 is 44.7 Å². The Morgan fingerprint density at radius 3 is 2.68 bits per heavy atom. The van der Waals surface area contributed by atoms with Crippen LogP contribution < -0.4 is 5.32 Å². The lowest BCUT2D eigenvalue weighted by Crippen LogP contribution is -2.06. The number of alkyl halides is 3. The highest BCUT2D eigenvalue weighted by Gasteiger charge is 2.31. The number of halogens is 4. The Labute approximate surface area is 132 Å². The molecule has 1 N–H and O–H groups in total. The Morgan fingerprint density at radius 1 is 1.18 bits per heavy atom. The molecule has 0 radical (unpaired) electrons. The van der Waals surface area contributed by atoms with Crippen LogP contribution in [0.5, 0.6) is 0 Å². The number of thiophene rings is 1. The van der Waals surface area contributed by atoms with Gasteiger partial charge >= 0.3 is 6.18 Å². The lowest BCUT2D eigenvalue weighted by molar-refractivity contribution is -0.137. The summed E-state index contributed by atoms with van der Waals surface area (Å²) in [6.45, 7) is 1.92. The lowest BCUT2D eigenvalue weighted by Gasteiger charge is -2.12. The van der Waals surface area contributed by atoms with Crippen molar-refractivity contribution in [1.82, 2.24) is 9.97 Å². The number of hydrogen-bond donors (Lipinski definition) is 1. The Kier molecular flexibility index (Phi) is 3.70. The van der Waals surface area contributed by atoms with E-state index in [2.05, 4.69) is 15.3 Å². The first-order valence-electron chi connectivity index (χ1n) is 6.19. The third-order valence-electron chi connectivity index (χ3n) is 3.00. The number of anilines is 2. The number of nitrogens with one attached hydrogen (secondary N) is 1. The second-order valence-electron chi connectivity index (χ2n) is 4.62. The number of benzene rings is 1. The Bertz CT molecular complexity index is 845. The molecule has 22 heavy (non-hydrogen) atoms. The normalized spacial score (nSPS) is 11.9. The van der Waals surface area contributed by atoms with E-state index in [-0.39, 0.29) is 10.7 Å². The van der Waals surface area contributed by atoms with Crippen LogP contribution in [-0.2, 0) is 6.18 Å². The van der Waals surface area contributed by atoms with Crippen molar-refractivity contribution in [3.05, 3.63) is 46.1 Å². The van der Waals surface area contributed by atoms with Gasteiger partial charge in [-0.1, -0.05) is 11.6 Å². The van der Waals surface area contributed by atoms with E-state index in [1.807, 2.05) is 13.0 Å². The topological polar surface area (TPSA) is 37.8 Å². The van der Waals surface area contributed by atoms with Gasteiger partial charge in [-0.2, -0.15) is 13.2 Å².